The van der Waals surface area contributed by atoms with E-state index in [0.717, 1.165) is 10.6 Å². The molecular formula is C17H18N2O3S2. The summed E-state index contributed by atoms with van der Waals surface area (Å²) in [5, 5.41) is 3.32. The molecule has 0 atom stereocenters. The largest absolute Gasteiger partial charge is 0.452 e. The number of carbonyl (C=O) groups excluding carboxylic acids is 2. The first-order valence-electron chi connectivity index (χ1n) is 7.31. The molecule has 0 aliphatic carbocycles. The van der Waals surface area contributed by atoms with Gasteiger partial charge < -0.3 is 10.1 Å². The maximum atomic E-state index is 12.0. The van der Waals surface area contributed by atoms with Gasteiger partial charge in [-0.05, 0) is 30.5 Å². The van der Waals surface area contributed by atoms with Crippen molar-refractivity contribution in [2.24, 2.45) is 0 Å². The number of nitrogens with zero attached hydrogens (tertiary/aromatic N) is 1. The Labute approximate surface area is 149 Å². The minimum Gasteiger partial charge on any atom is -0.452 e. The molecule has 0 saturated heterocycles. The number of rotatable bonds is 8. The highest BCUT2D eigenvalue weighted by Gasteiger charge is 2.14. The molecule has 126 valence electrons. The minimum absolute atomic E-state index is 0.294. The van der Waals surface area contributed by atoms with Crippen molar-refractivity contribution in [3.63, 3.8) is 0 Å². The molecule has 2 rings (SSSR count). The van der Waals surface area contributed by atoms with E-state index in [1.165, 1.54) is 11.8 Å². The number of pyridine rings is 1. The lowest BCUT2D eigenvalue weighted by Crippen LogP contribution is -2.30. The summed E-state index contributed by atoms with van der Waals surface area (Å²) in [7, 11) is 0. The Balaban J connectivity index is 1.68. The molecule has 0 radical (unpaired) electrons. The van der Waals surface area contributed by atoms with Crippen molar-refractivity contribution >= 4 is 35.4 Å². The van der Waals surface area contributed by atoms with Gasteiger partial charge in [0, 0.05) is 23.4 Å². The Morgan fingerprint density at radius 3 is 2.71 bits per heavy atom. The number of benzene rings is 1. The fraction of sp³-hybridized carbons (Fsp3) is 0.235. The molecule has 1 heterocycles. The van der Waals surface area contributed by atoms with Crippen molar-refractivity contribution in [3.8, 4) is 0 Å². The van der Waals surface area contributed by atoms with Crippen LogP contribution < -0.4 is 5.32 Å². The number of carbonyl (C=O) groups is 2. The van der Waals surface area contributed by atoms with E-state index in [0.29, 0.717) is 17.1 Å². The third-order valence-electron chi connectivity index (χ3n) is 2.95. The molecule has 1 aromatic carbocycles. The van der Waals surface area contributed by atoms with E-state index in [-0.39, 0.29) is 12.5 Å². The average Bonchev–Trinajstić information content (AvgIpc) is 2.64. The van der Waals surface area contributed by atoms with Gasteiger partial charge in [-0.3, -0.25) is 4.79 Å². The Bertz CT molecular complexity index is 681. The number of hydrogen-bond acceptors (Lipinski definition) is 6. The van der Waals surface area contributed by atoms with Crippen LogP contribution in [-0.4, -0.2) is 42.0 Å². The number of amides is 1. The lowest BCUT2D eigenvalue weighted by molar-refractivity contribution is -0.124. The van der Waals surface area contributed by atoms with Gasteiger partial charge in [0.25, 0.3) is 5.91 Å². The zero-order valence-corrected chi connectivity index (χ0v) is 14.9. The second-order valence-corrected chi connectivity index (χ2v) is 6.61. The lowest BCUT2D eigenvalue weighted by atomic mass is 10.3. The van der Waals surface area contributed by atoms with E-state index in [2.05, 4.69) is 10.3 Å². The summed E-state index contributed by atoms with van der Waals surface area (Å²) in [6.07, 6.45) is 3.44. The highest BCUT2D eigenvalue weighted by molar-refractivity contribution is 7.99. The number of thioether (sulfide) groups is 2. The molecule has 5 nitrogen and oxygen atoms in total. The number of hydrogen-bond donors (Lipinski definition) is 1. The smallest absolute Gasteiger partial charge is 0.341 e. The van der Waals surface area contributed by atoms with Crippen molar-refractivity contribution in [3.05, 3.63) is 54.2 Å². The third kappa shape index (κ3) is 5.90. The Kier molecular flexibility index (Phi) is 7.64. The predicted octanol–water partition coefficient (Wildman–Crippen LogP) is 2.87. The molecule has 0 bridgehead atoms. The van der Waals surface area contributed by atoms with Crippen LogP contribution in [0.4, 0.5) is 0 Å². The summed E-state index contributed by atoms with van der Waals surface area (Å²) < 4.78 is 5.04. The highest BCUT2D eigenvalue weighted by atomic mass is 32.2. The normalized spacial score (nSPS) is 10.2. The first-order chi connectivity index (χ1) is 11.7. The van der Waals surface area contributed by atoms with Crippen LogP contribution >= 0.6 is 23.5 Å². The van der Waals surface area contributed by atoms with Gasteiger partial charge in [0.15, 0.2) is 6.61 Å². The van der Waals surface area contributed by atoms with E-state index >= 15 is 0 Å². The summed E-state index contributed by atoms with van der Waals surface area (Å²) in [5.74, 6) is -0.101. The molecule has 0 aliphatic heterocycles. The summed E-state index contributed by atoms with van der Waals surface area (Å²) in [6, 6.07) is 13.2. The molecule has 0 aliphatic rings. The van der Waals surface area contributed by atoms with Gasteiger partial charge in [-0.15, -0.1) is 23.5 Å². The van der Waals surface area contributed by atoms with Crippen molar-refractivity contribution in [2.75, 3.05) is 25.2 Å². The van der Waals surface area contributed by atoms with E-state index in [9.17, 15) is 9.59 Å². The van der Waals surface area contributed by atoms with Gasteiger partial charge in [0.2, 0.25) is 0 Å². The van der Waals surface area contributed by atoms with E-state index in [1.54, 1.807) is 30.1 Å². The molecule has 1 N–H and O–H groups in total. The maximum absolute atomic E-state index is 12.0. The monoisotopic (exact) mass is 362 g/mol. The molecule has 24 heavy (non-hydrogen) atoms. The zero-order valence-electron chi connectivity index (χ0n) is 13.2. The minimum atomic E-state index is -0.540. The molecule has 0 saturated carbocycles. The van der Waals surface area contributed by atoms with Crippen molar-refractivity contribution < 1.29 is 14.3 Å². The topological polar surface area (TPSA) is 68.3 Å². The molecule has 7 heteroatoms. The SMILES string of the molecule is CSc1ncccc1C(=O)OCC(=O)NCCSc1ccccc1. The maximum Gasteiger partial charge on any atom is 0.341 e. The summed E-state index contributed by atoms with van der Waals surface area (Å²) >= 11 is 3.01. The number of esters is 1. The van der Waals surface area contributed by atoms with Crippen LogP contribution in [0, 0.1) is 0 Å². The molecule has 1 aromatic heterocycles. The van der Waals surface area contributed by atoms with Crippen LogP contribution in [0.15, 0.2) is 58.6 Å². The predicted molar refractivity (Wildman–Crippen MR) is 96.5 cm³/mol. The Morgan fingerprint density at radius 2 is 1.96 bits per heavy atom. The molecular weight excluding hydrogens is 344 g/mol. The lowest BCUT2D eigenvalue weighted by Gasteiger charge is -2.08. The van der Waals surface area contributed by atoms with Crippen molar-refractivity contribution in [1.29, 1.82) is 0 Å². The van der Waals surface area contributed by atoms with E-state index < -0.39 is 5.97 Å². The van der Waals surface area contributed by atoms with E-state index in [4.69, 9.17) is 4.74 Å². The molecule has 0 fully saturated rings. The highest BCUT2D eigenvalue weighted by Crippen LogP contribution is 2.17. The van der Waals surface area contributed by atoms with Gasteiger partial charge in [-0.25, -0.2) is 9.78 Å². The van der Waals surface area contributed by atoms with Crippen LogP contribution in [0.1, 0.15) is 10.4 Å². The van der Waals surface area contributed by atoms with Crippen LogP contribution in [0.5, 0.6) is 0 Å². The van der Waals surface area contributed by atoms with Crippen LogP contribution in [-0.2, 0) is 9.53 Å². The summed E-state index contributed by atoms with van der Waals surface area (Å²) in [5.41, 5.74) is 0.373. The second kappa shape index (κ2) is 10.00. The van der Waals surface area contributed by atoms with Gasteiger partial charge in [0.1, 0.15) is 5.03 Å². The summed E-state index contributed by atoms with van der Waals surface area (Å²) in [6.45, 7) is 0.219. The van der Waals surface area contributed by atoms with Crippen LogP contribution in [0.25, 0.3) is 0 Å². The van der Waals surface area contributed by atoms with Crippen LogP contribution in [0.3, 0.4) is 0 Å². The average molecular weight is 362 g/mol. The number of ether oxygens (including phenoxy) is 1. The standard InChI is InChI=1S/C17H18N2O3S2/c1-23-16-14(8-5-9-19-16)17(21)22-12-15(20)18-10-11-24-13-6-3-2-4-7-13/h2-9H,10-12H2,1H3,(H,18,20). The van der Waals surface area contributed by atoms with E-state index in [1.807, 2.05) is 36.6 Å². The molecule has 0 unspecified atom stereocenters. The van der Waals surface area contributed by atoms with Gasteiger partial charge >= 0.3 is 5.97 Å². The fourth-order valence-electron chi connectivity index (χ4n) is 1.84. The molecule has 1 amide bonds. The van der Waals surface area contributed by atoms with Crippen molar-refractivity contribution in [1.82, 2.24) is 10.3 Å². The Morgan fingerprint density at radius 1 is 1.17 bits per heavy atom. The quantitative estimate of drug-likeness (QED) is 0.442. The second-order valence-electron chi connectivity index (χ2n) is 4.65. The first-order valence-corrected chi connectivity index (χ1v) is 9.52. The zero-order chi connectivity index (χ0) is 17.2. The van der Waals surface area contributed by atoms with Crippen LogP contribution in [0.2, 0.25) is 0 Å². The number of nitrogens with one attached hydrogen (secondary N) is 1. The first kappa shape index (κ1) is 18.4. The van der Waals surface area contributed by atoms with Gasteiger partial charge in [-0.1, -0.05) is 18.2 Å². The molecule has 2 aromatic rings. The van der Waals surface area contributed by atoms with Gasteiger partial charge in [0.05, 0.1) is 5.56 Å². The molecule has 0 spiro atoms. The summed E-state index contributed by atoms with van der Waals surface area (Å²) in [4.78, 5) is 29.0. The van der Waals surface area contributed by atoms with Gasteiger partial charge in [-0.2, -0.15) is 0 Å². The van der Waals surface area contributed by atoms with Crippen molar-refractivity contribution in [2.45, 2.75) is 9.92 Å². The number of aromatic nitrogens is 1. The third-order valence-corrected chi connectivity index (χ3v) is 4.68. The Hall–Kier alpha value is -1.99. The fourth-order valence-corrected chi connectivity index (χ4v) is 3.17.